The molecule has 1 aliphatic carbocycles. The summed E-state index contributed by atoms with van der Waals surface area (Å²) in [6, 6.07) is 5.12. The Kier molecular flexibility index (Phi) is 4.72. The van der Waals surface area contributed by atoms with Crippen LogP contribution in [0.3, 0.4) is 0 Å². The fourth-order valence-electron chi connectivity index (χ4n) is 2.32. The van der Waals surface area contributed by atoms with Crippen LogP contribution in [-0.2, 0) is 11.2 Å². The van der Waals surface area contributed by atoms with E-state index in [4.69, 9.17) is 4.74 Å². The Bertz CT molecular complexity index is 517. The van der Waals surface area contributed by atoms with Crippen molar-refractivity contribution < 1.29 is 27.8 Å². The Morgan fingerprint density at radius 1 is 1.43 bits per heavy atom. The maximum Gasteiger partial charge on any atom is 0.405 e. The van der Waals surface area contributed by atoms with Crippen LogP contribution in [0.15, 0.2) is 18.2 Å². The zero-order valence-electron chi connectivity index (χ0n) is 11.2. The zero-order chi connectivity index (χ0) is 15.5. The molecule has 0 aromatic heterocycles. The van der Waals surface area contributed by atoms with Crippen LogP contribution in [0, 0.1) is 0 Å². The summed E-state index contributed by atoms with van der Waals surface area (Å²) in [6.45, 7) is -1.86. The molecule has 1 aromatic carbocycles. The van der Waals surface area contributed by atoms with Gasteiger partial charge in [-0.2, -0.15) is 13.2 Å². The average molecular weight is 303 g/mol. The van der Waals surface area contributed by atoms with Crippen molar-refractivity contribution in [3.05, 3.63) is 29.3 Å². The lowest BCUT2D eigenvalue weighted by atomic mass is 9.89. The lowest BCUT2D eigenvalue weighted by Gasteiger charge is -2.23. The molecule has 0 bridgehead atoms. The SMILES string of the molecule is O=C(COc1cccc2c1CCCC2O)NCC(F)(F)F. The summed E-state index contributed by atoms with van der Waals surface area (Å²) in [4.78, 5) is 11.3. The highest BCUT2D eigenvalue weighted by Crippen LogP contribution is 2.35. The van der Waals surface area contributed by atoms with Gasteiger partial charge in [-0.25, -0.2) is 0 Å². The molecule has 2 N–H and O–H groups in total. The number of carbonyl (C=O) groups excluding carboxylic acids is 1. The van der Waals surface area contributed by atoms with Crippen LogP contribution in [-0.4, -0.2) is 30.3 Å². The highest BCUT2D eigenvalue weighted by atomic mass is 19.4. The summed E-state index contributed by atoms with van der Waals surface area (Å²) in [5, 5.41) is 11.6. The largest absolute Gasteiger partial charge is 0.483 e. The van der Waals surface area contributed by atoms with Crippen molar-refractivity contribution in [2.75, 3.05) is 13.2 Å². The molecule has 1 aromatic rings. The van der Waals surface area contributed by atoms with Crippen molar-refractivity contribution in [1.82, 2.24) is 5.32 Å². The Labute approximate surface area is 119 Å². The smallest absolute Gasteiger partial charge is 0.405 e. The molecular formula is C14H16F3NO3. The molecule has 0 fully saturated rings. The lowest BCUT2D eigenvalue weighted by molar-refractivity contribution is -0.139. The second-order valence-electron chi connectivity index (χ2n) is 4.91. The summed E-state index contributed by atoms with van der Waals surface area (Å²) in [7, 11) is 0. The van der Waals surface area contributed by atoms with Gasteiger partial charge in [0.25, 0.3) is 5.91 Å². The fourth-order valence-corrected chi connectivity index (χ4v) is 2.32. The summed E-state index contributed by atoms with van der Waals surface area (Å²) in [6.07, 6.45) is -2.81. The summed E-state index contributed by atoms with van der Waals surface area (Å²) in [5.41, 5.74) is 1.58. The molecule has 0 saturated heterocycles. The molecule has 21 heavy (non-hydrogen) atoms. The van der Waals surface area contributed by atoms with Crippen molar-refractivity contribution in [3.63, 3.8) is 0 Å². The molecular weight excluding hydrogens is 287 g/mol. The minimum absolute atomic E-state index is 0.438. The topological polar surface area (TPSA) is 58.6 Å². The normalized spacial score (nSPS) is 18.0. The van der Waals surface area contributed by atoms with Gasteiger partial charge in [0.15, 0.2) is 6.61 Å². The second kappa shape index (κ2) is 6.34. The van der Waals surface area contributed by atoms with Crippen molar-refractivity contribution in [2.24, 2.45) is 0 Å². The van der Waals surface area contributed by atoms with E-state index >= 15 is 0 Å². The van der Waals surface area contributed by atoms with Crippen LogP contribution in [0.2, 0.25) is 0 Å². The predicted molar refractivity (Wildman–Crippen MR) is 68.9 cm³/mol. The Morgan fingerprint density at radius 2 is 2.19 bits per heavy atom. The summed E-state index contributed by atoms with van der Waals surface area (Å²) < 4.78 is 41.2. The molecule has 1 unspecified atom stereocenters. The Morgan fingerprint density at radius 3 is 2.90 bits per heavy atom. The van der Waals surface area contributed by atoms with Gasteiger partial charge in [-0.3, -0.25) is 4.79 Å². The van der Waals surface area contributed by atoms with Crippen molar-refractivity contribution >= 4 is 5.91 Å². The minimum Gasteiger partial charge on any atom is -0.483 e. The number of fused-ring (bicyclic) bond motifs is 1. The highest BCUT2D eigenvalue weighted by Gasteiger charge is 2.28. The Balaban J connectivity index is 1.95. The molecule has 0 radical (unpaired) electrons. The molecule has 7 heteroatoms. The van der Waals surface area contributed by atoms with E-state index in [9.17, 15) is 23.1 Å². The number of ether oxygens (including phenoxy) is 1. The van der Waals surface area contributed by atoms with Gasteiger partial charge in [-0.15, -0.1) is 0 Å². The van der Waals surface area contributed by atoms with E-state index in [1.807, 2.05) is 0 Å². The van der Waals surface area contributed by atoms with Crippen LogP contribution in [0.5, 0.6) is 5.75 Å². The maximum absolute atomic E-state index is 12.0. The van der Waals surface area contributed by atoms with E-state index < -0.39 is 31.3 Å². The minimum atomic E-state index is -4.44. The number of aliphatic hydroxyl groups excluding tert-OH is 1. The van der Waals surface area contributed by atoms with Crippen molar-refractivity contribution in [2.45, 2.75) is 31.5 Å². The molecule has 2 rings (SSSR count). The number of halogens is 3. The van der Waals surface area contributed by atoms with Crippen LogP contribution < -0.4 is 10.1 Å². The van der Waals surface area contributed by atoms with E-state index in [2.05, 4.69) is 0 Å². The van der Waals surface area contributed by atoms with Crippen LogP contribution >= 0.6 is 0 Å². The van der Waals surface area contributed by atoms with Gasteiger partial charge >= 0.3 is 6.18 Å². The number of amides is 1. The first-order valence-corrected chi connectivity index (χ1v) is 6.63. The first-order chi connectivity index (χ1) is 9.87. The molecule has 0 heterocycles. The Hall–Kier alpha value is -1.76. The lowest BCUT2D eigenvalue weighted by Crippen LogP contribution is -2.36. The van der Waals surface area contributed by atoms with E-state index in [0.717, 1.165) is 17.5 Å². The van der Waals surface area contributed by atoms with Gasteiger partial charge < -0.3 is 15.2 Å². The summed E-state index contributed by atoms with van der Waals surface area (Å²) in [5.74, 6) is -0.394. The quantitative estimate of drug-likeness (QED) is 0.895. The average Bonchev–Trinajstić information content (AvgIpc) is 2.42. The van der Waals surface area contributed by atoms with Gasteiger partial charge in [0.1, 0.15) is 12.3 Å². The number of hydrogen-bond acceptors (Lipinski definition) is 3. The standard InChI is InChI=1S/C14H16F3NO3/c15-14(16,17)8-18-13(20)7-21-12-6-2-3-9-10(12)4-1-5-11(9)19/h2-3,6,11,19H,1,4-5,7-8H2,(H,18,20). The van der Waals surface area contributed by atoms with E-state index in [-0.39, 0.29) is 0 Å². The van der Waals surface area contributed by atoms with Crippen molar-refractivity contribution in [3.8, 4) is 5.75 Å². The van der Waals surface area contributed by atoms with Gasteiger partial charge in [0, 0.05) is 0 Å². The summed E-state index contributed by atoms with van der Waals surface area (Å²) >= 11 is 0. The van der Waals surface area contributed by atoms with E-state index in [1.165, 1.54) is 0 Å². The van der Waals surface area contributed by atoms with Crippen LogP contribution in [0.25, 0.3) is 0 Å². The van der Waals surface area contributed by atoms with Crippen molar-refractivity contribution in [1.29, 1.82) is 0 Å². The molecule has 1 atom stereocenters. The number of rotatable bonds is 4. The zero-order valence-corrected chi connectivity index (χ0v) is 11.2. The van der Waals surface area contributed by atoms with E-state index in [1.54, 1.807) is 23.5 Å². The molecule has 1 aliphatic rings. The number of alkyl halides is 3. The first-order valence-electron chi connectivity index (χ1n) is 6.63. The monoisotopic (exact) mass is 303 g/mol. The molecule has 116 valence electrons. The fraction of sp³-hybridized carbons (Fsp3) is 0.500. The molecule has 1 amide bonds. The number of nitrogens with one attached hydrogen (secondary N) is 1. The number of benzene rings is 1. The third kappa shape index (κ3) is 4.35. The number of aliphatic hydroxyl groups is 1. The third-order valence-electron chi connectivity index (χ3n) is 3.28. The van der Waals surface area contributed by atoms with Crippen LogP contribution in [0.4, 0.5) is 13.2 Å². The van der Waals surface area contributed by atoms with Gasteiger partial charge in [-0.1, -0.05) is 12.1 Å². The molecule has 0 aliphatic heterocycles. The predicted octanol–water partition coefficient (Wildman–Crippen LogP) is 2.11. The first kappa shape index (κ1) is 15.6. The molecule has 0 saturated carbocycles. The maximum atomic E-state index is 12.0. The molecule has 0 spiro atoms. The number of carbonyl (C=O) groups is 1. The second-order valence-corrected chi connectivity index (χ2v) is 4.91. The van der Waals surface area contributed by atoms with Gasteiger partial charge in [0.2, 0.25) is 0 Å². The van der Waals surface area contributed by atoms with Crippen LogP contribution in [0.1, 0.15) is 30.1 Å². The molecule has 4 nitrogen and oxygen atoms in total. The highest BCUT2D eigenvalue weighted by molar-refractivity contribution is 5.77. The third-order valence-corrected chi connectivity index (χ3v) is 3.28. The number of hydrogen-bond donors (Lipinski definition) is 2. The van der Waals surface area contributed by atoms with Gasteiger partial charge in [-0.05, 0) is 36.5 Å². The van der Waals surface area contributed by atoms with Gasteiger partial charge in [0.05, 0.1) is 6.10 Å². The van der Waals surface area contributed by atoms with E-state index in [0.29, 0.717) is 18.6 Å².